The van der Waals surface area contributed by atoms with Crippen molar-refractivity contribution in [1.29, 1.82) is 0 Å². The highest BCUT2D eigenvalue weighted by atomic mass is 16.5. The van der Waals surface area contributed by atoms with E-state index in [0.717, 1.165) is 25.4 Å². The van der Waals surface area contributed by atoms with Crippen LogP contribution in [0.15, 0.2) is 0 Å². The number of Topliss-reactive ketones (excluding diaryl/α,β-unsaturated/α-hetero) is 1. The Morgan fingerprint density at radius 2 is 2.18 bits per heavy atom. The fourth-order valence-corrected chi connectivity index (χ4v) is 3.00. The average Bonchev–Trinajstić information content (AvgIpc) is 2.38. The first-order chi connectivity index (χ1) is 7.99. The Kier molecular flexibility index (Phi) is 3.63. The largest absolute Gasteiger partial charge is 0.360 e. The standard InChI is InChI=1S/C15H24O2/c1-5-10-9-11-7-8-12(10)17-13(11)14(16)15(3,4)6-2/h10-12H,2,5-9H2,1,3-4H3. The van der Waals surface area contributed by atoms with Crippen molar-refractivity contribution >= 4 is 5.78 Å². The van der Waals surface area contributed by atoms with E-state index in [1.54, 1.807) is 0 Å². The van der Waals surface area contributed by atoms with Gasteiger partial charge in [0.1, 0.15) is 0 Å². The minimum absolute atomic E-state index is 0.191. The zero-order valence-electron chi connectivity index (χ0n) is 11.3. The molecule has 2 heterocycles. The molecule has 2 radical (unpaired) electrons. The van der Waals surface area contributed by atoms with Gasteiger partial charge in [0.05, 0.1) is 6.10 Å². The summed E-state index contributed by atoms with van der Waals surface area (Å²) < 4.78 is 5.98. The van der Waals surface area contributed by atoms with E-state index in [2.05, 4.69) is 13.8 Å². The van der Waals surface area contributed by atoms with Crippen molar-refractivity contribution in [2.75, 3.05) is 0 Å². The van der Waals surface area contributed by atoms with Gasteiger partial charge in [0.25, 0.3) is 0 Å². The number of ether oxygens (including phenoxy) is 1. The molecule has 3 aliphatic rings. The molecule has 3 unspecified atom stereocenters. The predicted octanol–water partition coefficient (Wildman–Crippen LogP) is 3.56. The van der Waals surface area contributed by atoms with E-state index >= 15 is 0 Å². The fourth-order valence-electron chi connectivity index (χ4n) is 3.00. The lowest BCUT2D eigenvalue weighted by atomic mass is 9.68. The average molecular weight is 236 g/mol. The molecule has 2 saturated heterocycles. The van der Waals surface area contributed by atoms with Gasteiger partial charge in [-0.1, -0.05) is 34.1 Å². The van der Waals surface area contributed by atoms with Crippen LogP contribution in [0.4, 0.5) is 0 Å². The molecule has 3 fully saturated rings. The van der Waals surface area contributed by atoms with Gasteiger partial charge in [-0.25, -0.2) is 0 Å². The lowest BCUT2D eigenvalue weighted by molar-refractivity contribution is -0.150. The lowest BCUT2D eigenvalue weighted by Crippen LogP contribution is -2.47. The van der Waals surface area contributed by atoms with Gasteiger partial charge >= 0.3 is 0 Å². The molecule has 1 aliphatic carbocycles. The minimum Gasteiger partial charge on any atom is -0.360 e. The molecule has 3 rings (SSSR count). The third-order valence-electron chi connectivity index (χ3n) is 4.55. The predicted molar refractivity (Wildman–Crippen MR) is 68.0 cm³/mol. The van der Waals surface area contributed by atoms with E-state index in [0.29, 0.717) is 24.4 Å². The van der Waals surface area contributed by atoms with E-state index in [-0.39, 0.29) is 11.2 Å². The van der Waals surface area contributed by atoms with Crippen LogP contribution in [0.25, 0.3) is 0 Å². The first-order valence-electron chi connectivity index (χ1n) is 6.87. The molecule has 2 nitrogen and oxygen atoms in total. The SMILES string of the molecule is [CH2]CC(C)(C)C(=O)[C]1OC2CCC1CC2CC. The molecule has 3 atom stereocenters. The van der Waals surface area contributed by atoms with Gasteiger partial charge in [0, 0.05) is 5.41 Å². The number of hydrogen-bond donors (Lipinski definition) is 0. The highest BCUT2D eigenvalue weighted by Gasteiger charge is 2.48. The monoisotopic (exact) mass is 236 g/mol. The molecule has 0 aromatic carbocycles. The van der Waals surface area contributed by atoms with Crippen LogP contribution in [-0.2, 0) is 9.53 Å². The topological polar surface area (TPSA) is 26.3 Å². The van der Waals surface area contributed by atoms with Gasteiger partial charge < -0.3 is 4.74 Å². The van der Waals surface area contributed by atoms with E-state index in [9.17, 15) is 4.79 Å². The summed E-state index contributed by atoms with van der Waals surface area (Å²) in [7, 11) is 0. The van der Waals surface area contributed by atoms with Gasteiger partial charge in [0.2, 0.25) is 0 Å². The number of carbonyl (C=O) groups excluding carboxylic acids is 1. The minimum atomic E-state index is -0.367. The first-order valence-corrected chi connectivity index (χ1v) is 6.87. The van der Waals surface area contributed by atoms with Crippen molar-refractivity contribution in [3.63, 3.8) is 0 Å². The molecule has 17 heavy (non-hydrogen) atoms. The van der Waals surface area contributed by atoms with Gasteiger partial charge in [-0.3, -0.25) is 4.79 Å². The summed E-state index contributed by atoms with van der Waals surface area (Å²) in [5.41, 5.74) is -0.367. The highest BCUT2D eigenvalue weighted by Crippen LogP contribution is 2.48. The summed E-state index contributed by atoms with van der Waals surface area (Å²) in [5, 5.41) is 0. The van der Waals surface area contributed by atoms with Gasteiger partial charge in [-0.15, -0.1) is 0 Å². The molecule has 0 aromatic heterocycles. The Labute approximate surface area is 105 Å². The molecule has 0 N–H and O–H groups in total. The molecule has 2 heteroatoms. The highest BCUT2D eigenvalue weighted by molar-refractivity contribution is 5.95. The van der Waals surface area contributed by atoms with Gasteiger partial charge in [0.15, 0.2) is 11.9 Å². The number of carbonyl (C=O) groups is 1. The smallest absolute Gasteiger partial charge is 0.173 e. The van der Waals surface area contributed by atoms with Crippen LogP contribution in [-0.4, -0.2) is 11.9 Å². The third-order valence-corrected chi connectivity index (χ3v) is 4.55. The number of ketones is 1. The molecule has 0 aromatic rings. The Morgan fingerprint density at radius 1 is 1.47 bits per heavy atom. The zero-order valence-corrected chi connectivity index (χ0v) is 11.3. The van der Waals surface area contributed by atoms with E-state index in [4.69, 9.17) is 4.74 Å². The van der Waals surface area contributed by atoms with Crippen LogP contribution in [0.5, 0.6) is 0 Å². The maximum Gasteiger partial charge on any atom is 0.173 e. The summed E-state index contributed by atoms with van der Waals surface area (Å²) in [6.07, 6.45) is 6.27. The van der Waals surface area contributed by atoms with Crippen LogP contribution in [0.1, 0.15) is 52.9 Å². The summed E-state index contributed by atoms with van der Waals surface area (Å²) in [6, 6.07) is 0. The second-order valence-electron chi connectivity index (χ2n) is 6.16. The Hall–Kier alpha value is -0.370. The van der Waals surface area contributed by atoms with Crippen molar-refractivity contribution in [1.82, 2.24) is 0 Å². The van der Waals surface area contributed by atoms with Crippen molar-refractivity contribution < 1.29 is 9.53 Å². The number of rotatable bonds is 4. The normalized spacial score (nSPS) is 34.0. The fraction of sp³-hybridized carbons (Fsp3) is 0.800. The van der Waals surface area contributed by atoms with Crippen LogP contribution in [0, 0.1) is 30.3 Å². The molecule has 0 amide bonds. The molecule has 2 bridgehead atoms. The van der Waals surface area contributed by atoms with Crippen molar-refractivity contribution in [3.8, 4) is 0 Å². The Balaban J connectivity index is 2.08. The van der Waals surface area contributed by atoms with E-state index < -0.39 is 0 Å². The molecule has 1 saturated carbocycles. The maximum atomic E-state index is 12.4. The van der Waals surface area contributed by atoms with Crippen LogP contribution in [0.3, 0.4) is 0 Å². The Bertz CT molecular complexity index is 295. The second-order valence-corrected chi connectivity index (χ2v) is 6.16. The molecular weight excluding hydrogens is 212 g/mol. The van der Waals surface area contributed by atoms with E-state index in [1.807, 2.05) is 13.8 Å². The summed E-state index contributed by atoms with van der Waals surface area (Å²) in [5.74, 6) is 1.23. The third kappa shape index (κ3) is 2.29. The number of fused-ring (bicyclic) bond motifs is 3. The van der Waals surface area contributed by atoms with Crippen LogP contribution >= 0.6 is 0 Å². The summed E-state index contributed by atoms with van der Waals surface area (Å²) >= 11 is 0. The van der Waals surface area contributed by atoms with E-state index in [1.165, 1.54) is 6.42 Å². The van der Waals surface area contributed by atoms with Crippen molar-refractivity contribution in [3.05, 3.63) is 13.0 Å². The summed E-state index contributed by atoms with van der Waals surface area (Å²) in [4.78, 5) is 12.4. The second kappa shape index (κ2) is 4.72. The quantitative estimate of drug-likeness (QED) is 0.746. The van der Waals surface area contributed by atoms with Crippen molar-refractivity contribution in [2.45, 2.75) is 59.0 Å². The van der Waals surface area contributed by atoms with Gasteiger partial charge in [-0.2, -0.15) is 0 Å². The van der Waals surface area contributed by atoms with Crippen molar-refractivity contribution in [2.24, 2.45) is 17.3 Å². The Morgan fingerprint density at radius 3 is 2.65 bits per heavy atom. The van der Waals surface area contributed by atoms with Crippen LogP contribution in [0.2, 0.25) is 0 Å². The lowest BCUT2D eigenvalue weighted by Gasteiger charge is -2.47. The zero-order chi connectivity index (χ0) is 12.6. The van der Waals surface area contributed by atoms with Crippen LogP contribution < -0.4 is 0 Å². The molecule has 96 valence electrons. The number of hydrogen-bond acceptors (Lipinski definition) is 2. The maximum absolute atomic E-state index is 12.4. The molecule has 2 aliphatic heterocycles. The molecule has 0 spiro atoms. The first kappa shape index (κ1) is 13.1. The summed E-state index contributed by atoms with van der Waals surface area (Å²) in [6.45, 7) is 10.0. The van der Waals surface area contributed by atoms with Gasteiger partial charge in [-0.05, 0) is 37.5 Å². The molecular formula is C15H24O2.